The third-order valence-corrected chi connectivity index (χ3v) is 4.42. The zero-order valence-electron chi connectivity index (χ0n) is 13.6. The summed E-state index contributed by atoms with van der Waals surface area (Å²) in [7, 11) is 0. The second-order valence-electron chi connectivity index (χ2n) is 6.16. The van der Waals surface area contributed by atoms with Crippen LogP contribution in [0.25, 0.3) is 0 Å². The van der Waals surface area contributed by atoms with Gasteiger partial charge in [0.05, 0.1) is 6.61 Å². The monoisotopic (exact) mass is 312 g/mol. The predicted octanol–water partition coefficient (Wildman–Crippen LogP) is 2.35. The molecule has 2 N–H and O–H groups in total. The first-order valence-corrected chi connectivity index (χ1v) is 8.20. The maximum Gasteiger partial charge on any atom is 0.222 e. The number of nitrogens with one attached hydrogen (secondary N) is 1. The van der Waals surface area contributed by atoms with Crippen LogP contribution in [0.15, 0.2) is 36.7 Å². The number of aryl methyl sites for hydroxylation is 1. The van der Waals surface area contributed by atoms with Crippen molar-refractivity contribution in [1.29, 1.82) is 0 Å². The summed E-state index contributed by atoms with van der Waals surface area (Å²) in [6.45, 7) is 4.88. The molecule has 3 rings (SSSR count). The first kappa shape index (κ1) is 15.9. The molecular weight excluding hydrogens is 288 g/mol. The van der Waals surface area contributed by atoms with Crippen LogP contribution in [-0.2, 0) is 13.1 Å². The van der Waals surface area contributed by atoms with Gasteiger partial charge >= 0.3 is 0 Å². The van der Waals surface area contributed by atoms with E-state index in [4.69, 9.17) is 0 Å². The molecule has 0 radical (unpaired) electrons. The molecule has 1 unspecified atom stereocenters. The standard InChI is InChI=1S/C18H24N4O/c1-14-9-19-18(20-10-14)21-11-15-5-2-3-6-16(15)12-22-8-4-7-17(22)13-23/h2-3,5-6,9-10,17,23H,4,7-8,11-13H2,1H3,(H,19,20,21). The molecule has 5 nitrogen and oxygen atoms in total. The van der Waals surface area contributed by atoms with E-state index in [-0.39, 0.29) is 6.61 Å². The Balaban J connectivity index is 1.66. The lowest BCUT2D eigenvalue weighted by atomic mass is 10.1. The minimum absolute atomic E-state index is 0.248. The van der Waals surface area contributed by atoms with Gasteiger partial charge in [-0.25, -0.2) is 9.97 Å². The van der Waals surface area contributed by atoms with Crippen LogP contribution >= 0.6 is 0 Å². The average molecular weight is 312 g/mol. The van der Waals surface area contributed by atoms with Gasteiger partial charge in [0.25, 0.3) is 0 Å². The lowest BCUT2D eigenvalue weighted by Gasteiger charge is -2.24. The average Bonchev–Trinajstić information content (AvgIpc) is 3.03. The predicted molar refractivity (Wildman–Crippen MR) is 91.1 cm³/mol. The van der Waals surface area contributed by atoms with Crippen LogP contribution in [0.1, 0.15) is 29.5 Å². The zero-order valence-corrected chi connectivity index (χ0v) is 13.6. The molecule has 1 aliphatic rings. The third-order valence-electron chi connectivity index (χ3n) is 4.42. The van der Waals surface area contributed by atoms with E-state index in [0.717, 1.165) is 25.1 Å². The summed E-state index contributed by atoms with van der Waals surface area (Å²) in [6.07, 6.45) is 5.89. The SMILES string of the molecule is Cc1cnc(NCc2ccccc2CN2CCCC2CO)nc1. The van der Waals surface area contributed by atoms with Gasteiger partial charge < -0.3 is 10.4 Å². The first-order chi connectivity index (χ1) is 11.3. The molecule has 1 aromatic carbocycles. The van der Waals surface area contributed by atoms with Crippen LogP contribution in [0, 0.1) is 6.92 Å². The van der Waals surface area contributed by atoms with E-state index < -0.39 is 0 Å². The molecule has 0 bridgehead atoms. The fourth-order valence-electron chi connectivity index (χ4n) is 3.07. The van der Waals surface area contributed by atoms with Crippen molar-refractivity contribution in [3.8, 4) is 0 Å². The van der Waals surface area contributed by atoms with Gasteiger partial charge in [-0.15, -0.1) is 0 Å². The van der Waals surface area contributed by atoms with Crippen LogP contribution in [0.5, 0.6) is 0 Å². The summed E-state index contributed by atoms with van der Waals surface area (Å²) in [6, 6.07) is 8.74. The summed E-state index contributed by atoms with van der Waals surface area (Å²) in [5.41, 5.74) is 3.60. The van der Waals surface area contributed by atoms with Crippen molar-refractivity contribution in [2.45, 2.75) is 38.9 Å². The number of anilines is 1. The molecule has 1 fully saturated rings. The van der Waals surface area contributed by atoms with Gasteiger partial charge in [0.2, 0.25) is 5.95 Å². The molecule has 5 heteroatoms. The molecule has 1 aromatic heterocycles. The van der Waals surface area contributed by atoms with Gasteiger partial charge in [-0.05, 0) is 43.0 Å². The van der Waals surface area contributed by atoms with Crippen molar-refractivity contribution in [1.82, 2.24) is 14.9 Å². The molecule has 1 atom stereocenters. The van der Waals surface area contributed by atoms with E-state index in [1.165, 1.54) is 17.5 Å². The van der Waals surface area contributed by atoms with Crippen LogP contribution < -0.4 is 5.32 Å². The highest BCUT2D eigenvalue weighted by molar-refractivity contribution is 5.32. The van der Waals surface area contributed by atoms with Crippen LogP contribution in [0.3, 0.4) is 0 Å². The van der Waals surface area contributed by atoms with Gasteiger partial charge in [0.1, 0.15) is 0 Å². The van der Waals surface area contributed by atoms with E-state index in [2.05, 4.69) is 44.5 Å². The van der Waals surface area contributed by atoms with Gasteiger partial charge in [0, 0.05) is 31.5 Å². The van der Waals surface area contributed by atoms with Crippen molar-refractivity contribution in [2.24, 2.45) is 0 Å². The number of aliphatic hydroxyl groups is 1. The highest BCUT2D eigenvalue weighted by Gasteiger charge is 2.24. The van der Waals surface area contributed by atoms with E-state index in [1.54, 1.807) is 0 Å². The summed E-state index contributed by atoms with van der Waals surface area (Å²) in [5.74, 6) is 0.653. The minimum Gasteiger partial charge on any atom is -0.395 e. The smallest absolute Gasteiger partial charge is 0.222 e. The molecule has 1 aliphatic heterocycles. The molecule has 0 spiro atoms. The van der Waals surface area contributed by atoms with Crippen molar-refractivity contribution in [3.63, 3.8) is 0 Å². The number of aliphatic hydroxyl groups excluding tert-OH is 1. The topological polar surface area (TPSA) is 61.3 Å². The normalized spacial score (nSPS) is 18.3. The van der Waals surface area contributed by atoms with Gasteiger partial charge in [-0.1, -0.05) is 24.3 Å². The Morgan fingerprint density at radius 1 is 1.22 bits per heavy atom. The fraction of sp³-hybridized carbons (Fsp3) is 0.444. The molecule has 0 aliphatic carbocycles. The minimum atomic E-state index is 0.248. The van der Waals surface area contributed by atoms with Crippen LogP contribution in [-0.4, -0.2) is 39.2 Å². The lowest BCUT2D eigenvalue weighted by molar-refractivity contribution is 0.153. The van der Waals surface area contributed by atoms with E-state index in [0.29, 0.717) is 18.5 Å². The van der Waals surface area contributed by atoms with Crippen molar-refractivity contribution < 1.29 is 5.11 Å². The summed E-state index contributed by atoms with van der Waals surface area (Å²) in [4.78, 5) is 10.9. The van der Waals surface area contributed by atoms with Crippen molar-refractivity contribution in [2.75, 3.05) is 18.5 Å². The Labute approximate surface area is 137 Å². The number of benzene rings is 1. The highest BCUT2D eigenvalue weighted by Crippen LogP contribution is 2.21. The van der Waals surface area contributed by atoms with E-state index >= 15 is 0 Å². The molecule has 1 saturated heterocycles. The number of hydrogen-bond donors (Lipinski definition) is 2. The van der Waals surface area contributed by atoms with Gasteiger partial charge in [0.15, 0.2) is 0 Å². The molecule has 23 heavy (non-hydrogen) atoms. The first-order valence-electron chi connectivity index (χ1n) is 8.20. The summed E-state index contributed by atoms with van der Waals surface area (Å²) < 4.78 is 0. The number of aromatic nitrogens is 2. The summed E-state index contributed by atoms with van der Waals surface area (Å²) in [5, 5.41) is 12.8. The number of hydrogen-bond acceptors (Lipinski definition) is 5. The Hall–Kier alpha value is -1.98. The van der Waals surface area contributed by atoms with Crippen molar-refractivity contribution in [3.05, 3.63) is 53.3 Å². The van der Waals surface area contributed by atoms with Crippen molar-refractivity contribution >= 4 is 5.95 Å². The third kappa shape index (κ3) is 4.06. The number of nitrogens with zero attached hydrogens (tertiary/aromatic N) is 3. The van der Waals surface area contributed by atoms with Gasteiger partial charge in [-0.3, -0.25) is 4.90 Å². The van der Waals surface area contributed by atoms with Crippen LogP contribution in [0.4, 0.5) is 5.95 Å². The van der Waals surface area contributed by atoms with E-state index in [1.807, 2.05) is 19.3 Å². The zero-order chi connectivity index (χ0) is 16.1. The molecule has 2 aromatic rings. The van der Waals surface area contributed by atoms with Crippen LogP contribution in [0.2, 0.25) is 0 Å². The number of rotatable bonds is 6. The second kappa shape index (κ2) is 7.53. The fourth-order valence-corrected chi connectivity index (χ4v) is 3.07. The molecule has 0 amide bonds. The largest absolute Gasteiger partial charge is 0.395 e. The Kier molecular flexibility index (Phi) is 5.20. The van der Waals surface area contributed by atoms with E-state index in [9.17, 15) is 5.11 Å². The van der Waals surface area contributed by atoms with Gasteiger partial charge in [-0.2, -0.15) is 0 Å². The highest BCUT2D eigenvalue weighted by atomic mass is 16.3. The molecule has 122 valence electrons. The lowest BCUT2D eigenvalue weighted by Crippen LogP contribution is -2.32. The maximum absolute atomic E-state index is 9.49. The molecule has 2 heterocycles. The Morgan fingerprint density at radius 3 is 2.70 bits per heavy atom. The Bertz CT molecular complexity index is 629. The molecular formula is C18H24N4O. The second-order valence-corrected chi connectivity index (χ2v) is 6.16. The number of likely N-dealkylation sites (tertiary alicyclic amines) is 1. The maximum atomic E-state index is 9.49. The summed E-state index contributed by atoms with van der Waals surface area (Å²) >= 11 is 0. The quantitative estimate of drug-likeness (QED) is 0.857. The molecule has 0 saturated carbocycles. The Morgan fingerprint density at radius 2 is 1.96 bits per heavy atom.